The van der Waals surface area contributed by atoms with E-state index in [2.05, 4.69) is 10.3 Å². The Hall–Kier alpha value is -2.14. The van der Waals surface area contributed by atoms with Crippen LogP contribution in [0.3, 0.4) is 0 Å². The molecule has 2 aromatic heterocycles. The second-order valence-electron chi connectivity index (χ2n) is 5.92. The van der Waals surface area contributed by atoms with Gasteiger partial charge in [0.25, 0.3) is 0 Å². The highest BCUT2D eigenvalue weighted by Crippen LogP contribution is 2.43. The summed E-state index contributed by atoms with van der Waals surface area (Å²) < 4.78 is 0. The Morgan fingerprint density at radius 2 is 2.13 bits per heavy atom. The Kier molecular flexibility index (Phi) is 3.65. The molecule has 4 rings (SSSR count). The number of H-pyrrole nitrogens is 1. The number of aromatic nitrogens is 2. The van der Waals surface area contributed by atoms with Crippen LogP contribution in [0, 0.1) is 0 Å². The number of imidazole rings is 1. The van der Waals surface area contributed by atoms with E-state index in [1.54, 1.807) is 11.3 Å². The van der Waals surface area contributed by atoms with Crippen LogP contribution in [-0.2, 0) is 17.6 Å². The molecule has 0 fully saturated rings. The predicted molar refractivity (Wildman–Crippen MR) is 95.0 cm³/mol. The van der Waals surface area contributed by atoms with Crippen molar-refractivity contribution >= 4 is 33.3 Å². The second-order valence-corrected chi connectivity index (χ2v) is 7.02. The number of anilines is 1. The number of nitrogens with one attached hydrogen (secondary N) is 2. The van der Waals surface area contributed by atoms with Crippen molar-refractivity contribution in [2.75, 3.05) is 5.32 Å². The zero-order valence-electron chi connectivity index (χ0n) is 13.1. The maximum Gasteiger partial charge on any atom is 0.224 e. The van der Waals surface area contributed by atoms with Crippen LogP contribution in [-0.4, -0.2) is 15.9 Å². The number of benzene rings is 1. The van der Waals surface area contributed by atoms with Gasteiger partial charge >= 0.3 is 0 Å². The van der Waals surface area contributed by atoms with Gasteiger partial charge in [-0.3, -0.25) is 4.79 Å². The van der Waals surface area contributed by atoms with Crippen molar-refractivity contribution in [3.8, 4) is 11.4 Å². The fourth-order valence-corrected chi connectivity index (χ4v) is 4.50. The number of carbonyl (C=O) groups excluding carboxylic acids is 1. The van der Waals surface area contributed by atoms with Crippen LogP contribution < -0.4 is 5.32 Å². The molecule has 0 unspecified atom stereocenters. The summed E-state index contributed by atoms with van der Waals surface area (Å²) >= 11 is 1.72. The first-order chi connectivity index (χ1) is 11.3. The van der Waals surface area contributed by atoms with Crippen molar-refractivity contribution in [2.24, 2.45) is 0 Å². The molecular formula is C18H19N3OS. The van der Waals surface area contributed by atoms with Crippen molar-refractivity contribution in [1.82, 2.24) is 9.97 Å². The van der Waals surface area contributed by atoms with Gasteiger partial charge in [0.15, 0.2) is 0 Å². The minimum absolute atomic E-state index is 0.0564. The number of fused-ring (bicyclic) bond motifs is 2. The lowest BCUT2D eigenvalue weighted by molar-refractivity contribution is -0.115. The van der Waals surface area contributed by atoms with Crippen molar-refractivity contribution in [1.29, 1.82) is 0 Å². The summed E-state index contributed by atoms with van der Waals surface area (Å²) in [6.07, 6.45) is 5.10. The molecule has 0 saturated heterocycles. The van der Waals surface area contributed by atoms with Crippen LogP contribution in [0.2, 0.25) is 0 Å². The average molecular weight is 325 g/mol. The topological polar surface area (TPSA) is 57.8 Å². The fraction of sp³-hybridized carbons (Fsp3) is 0.333. The van der Waals surface area contributed by atoms with Gasteiger partial charge in [0.1, 0.15) is 10.8 Å². The van der Waals surface area contributed by atoms with Crippen LogP contribution in [0.5, 0.6) is 0 Å². The molecule has 1 aliphatic rings. The first kappa shape index (κ1) is 14.5. The molecule has 2 heterocycles. The third-order valence-corrected chi connectivity index (χ3v) is 5.58. The highest BCUT2D eigenvalue weighted by molar-refractivity contribution is 7.17. The summed E-state index contributed by atoms with van der Waals surface area (Å²) in [6.45, 7) is 1.88. The van der Waals surface area contributed by atoms with E-state index in [0.29, 0.717) is 6.42 Å². The Labute approximate surface area is 138 Å². The molecule has 0 radical (unpaired) electrons. The number of aryl methyl sites for hydroxylation is 1. The molecule has 0 bridgehead atoms. The Balaban J connectivity index is 1.87. The smallest absolute Gasteiger partial charge is 0.224 e. The van der Waals surface area contributed by atoms with Crippen molar-refractivity contribution in [3.05, 3.63) is 34.7 Å². The number of amides is 1. The van der Waals surface area contributed by atoms with E-state index in [4.69, 9.17) is 4.98 Å². The summed E-state index contributed by atoms with van der Waals surface area (Å²) in [7, 11) is 0. The Bertz CT molecular complexity index is 845. The highest BCUT2D eigenvalue weighted by Gasteiger charge is 2.24. The molecule has 23 heavy (non-hydrogen) atoms. The number of aromatic amines is 1. The molecule has 5 heteroatoms. The van der Waals surface area contributed by atoms with E-state index in [1.807, 2.05) is 31.2 Å². The second kappa shape index (κ2) is 5.81. The zero-order valence-corrected chi connectivity index (χ0v) is 13.9. The van der Waals surface area contributed by atoms with Crippen LogP contribution in [0.4, 0.5) is 5.00 Å². The summed E-state index contributed by atoms with van der Waals surface area (Å²) in [5.41, 5.74) is 4.46. The lowest BCUT2D eigenvalue weighted by Crippen LogP contribution is -2.09. The van der Waals surface area contributed by atoms with Gasteiger partial charge in [-0.2, -0.15) is 0 Å². The quantitative estimate of drug-likeness (QED) is 0.744. The zero-order chi connectivity index (χ0) is 15.8. The van der Waals surface area contributed by atoms with Gasteiger partial charge in [0, 0.05) is 11.3 Å². The molecule has 1 aliphatic carbocycles. The van der Waals surface area contributed by atoms with Gasteiger partial charge in [0.05, 0.1) is 16.6 Å². The monoisotopic (exact) mass is 325 g/mol. The molecule has 1 aromatic carbocycles. The summed E-state index contributed by atoms with van der Waals surface area (Å²) in [6, 6.07) is 8.05. The molecule has 0 aliphatic heterocycles. The highest BCUT2D eigenvalue weighted by atomic mass is 32.1. The lowest BCUT2D eigenvalue weighted by Gasteiger charge is -2.11. The molecule has 2 N–H and O–H groups in total. The van der Waals surface area contributed by atoms with E-state index >= 15 is 0 Å². The number of para-hydroxylation sites is 2. The molecule has 1 amide bonds. The van der Waals surface area contributed by atoms with Gasteiger partial charge in [0.2, 0.25) is 5.91 Å². The standard InChI is InChI=1S/C18H19N3OS/c1-2-15(22)21-18-16(11-7-3-6-10-14(11)23-18)17-19-12-8-4-5-9-13(12)20-17/h4-5,8-9H,2-3,6-7,10H2,1H3,(H,19,20)(H,21,22). The fourth-order valence-electron chi connectivity index (χ4n) is 3.19. The van der Waals surface area contributed by atoms with Crippen molar-refractivity contribution < 1.29 is 4.79 Å². The van der Waals surface area contributed by atoms with Crippen LogP contribution in [0.25, 0.3) is 22.4 Å². The van der Waals surface area contributed by atoms with Gasteiger partial charge < -0.3 is 10.3 Å². The molecule has 3 aromatic rings. The predicted octanol–water partition coefficient (Wildman–Crippen LogP) is 4.52. The number of rotatable bonds is 3. The molecule has 0 atom stereocenters. The average Bonchev–Trinajstić information content (AvgIpc) is 3.14. The van der Waals surface area contributed by atoms with Gasteiger partial charge in [-0.15, -0.1) is 11.3 Å². The molecule has 118 valence electrons. The van der Waals surface area contributed by atoms with Gasteiger partial charge in [-0.25, -0.2) is 4.98 Å². The normalized spacial score (nSPS) is 14.0. The summed E-state index contributed by atoms with van der Waals surface area (Å²) in [5.74, 6) is 0.929. The molecule has 0 spiro atoms. The number of hydrogen-bond acceptors (Lipinski definition) is 3. The molecule has 0 saturated carbocycles. The van der Waals surface area contributed by atoms with E-state index in [0.717, 1.165) is 40.3 Å². The maximum absolute atomic E-state index is 11.9. The number of hydrogen-bond donors (Lipinski definition) is 2. The van der Waals surface area contributed by atoms with E-state index in [1.165, 1.54) is 23.3 Å². The van der Waals surface area contributed by atoms with Crippen molar-refractivity contribution in [3.63, 3.8) is 0 Å². The van der Waals surface area contributed by atoms with Gasteiger partial charge in [-0.05, 0) is 43.4 Å². The Morgan fingerprint density at radius 1 is 1.30 bits per heavy atom. The van der Waals surface area contributed by atoms with E-state index < -0.39 is 0 Å². The Morgan fingerprint density at radius 3 is 2.96 bits per heavy atom. The summed E-state index contributed by atoms with van der Waals surface area (Å²) in [4.78, 5) is 21.5. The first-order valence-electron chi connectivity index (χ1n) is 8.15. The number of nitrogens with zero attached hydrogens (tertiary/aromatic N) is 1. The van der Waals surface area contributed by atoms with Crippen LogP contribution in [0.1, 0.15) is 36.6 Å². The first-order valence-corrected chi connectivity index (χ1v) is 8.97. The minimum Gasteiger partial charge on any atom is -0.338 e. The SMILES string of the molecule is CCC(=O)Nc1sc2c(c1-c1nc3ccccc3[nH]1)CCCC2. The van der Waals surface area contributed by atoms with E-state index in [9.17, 15) is 4.79 Å². The minimum atomic E-state index is 0.0564. The summed E-state index contributed by atoms with van der Waals surface area (Å²) in [5, 5.41) is 4.03. The molecule has 4 nitrogen and oxygen atoms in total. The molecular weight excluding hydrogens is 306 g/mol. The van der Waals surface area contributed by atoms with E-state index in [-0.39, 0.29) is 5.91 Å². The van der Waals surface area contributed by atoms with Crippen LogP contribution >= 0.6 is 11.3 Å². The largest absolute Gasteiger partial charge is 0.338 e. The maximum atomic E-state index is 11.9. The third-order valence-electron chi connectivity index (χ3n) is 4.37. The van der Waals surface area contributed by atoms with Crippen LogP contribution in [0.15, 0.2) is 24.3 Å². The number of thiophene rings is 1. The van der Waals surface area contributed by atoms with Gasteiger partial charge in [-0.1, -0.05) is 19.1 Å². The number of carbonyl (C=O) groups is 1. The lowest BCUT2D eigenvalue weighted by atomic mass is 9.95. The van der Waals surface area contributed by atoms with Crippen molar-refractivity contribution in [2.45, 2.75) is 39.0 Å². The third kappa shape index (κ3) is 2.55.